The van der Waals surface area contributed by atoms with Gasteiger partial charge in [0, 0.05) is 19.3 Å². The average Bonchev–Trinajstić information content (AvgIpc) is 3.42. The second-order valence-corrected chi connectivity index (χ2v) is 19.9. The molecule has 1 heterocycles. The highest BCUT2D eigenvalue weighted by atomic mass is 16.7. The lowest BCUT2D eigenvalue weighted by Gasteiger charge is -2.40. The van der Waals surface area contributed by atoms with Gasteiger partial charge in [0.2, 0.25) is 0 Å². The van der Waals surface area contributed by atoms with Crippen LogP contribution in [0.4, 0.5) is 0 Å². The van der Waals surface area contributed by atoms with Gasteiger partial charge in [-0.15, -0.1) is 0 Å². The standard InChI is InChI=1S/C65H104O12/c1-4-7-10-13-16-19-22-25-27-28-29-30-32-35-38-41-44-47-50-53-59(68)76-63-61(70)60(69)62(64(71)72)77-65(63)74-55-56(75-58(67)52-49-46-43-40-37-33-24-21-18-15-12-9-6-3)54-73-57(66)51-48-45-42-39-36-34-31-26-23-20-17-14-11-8-5-2/h7-8,10-12,15-17,19-21,24-27,29-31,56,60-63,65,69-70H,4-6,9,13-14,18,22-23,28,32-55H2,1-3H3,(H,71,72)/b10-7-,11-8-,15-12-,19-16-,20-17-,24-21-,27-25-,30-29-,31-26-. The number of esters is 3. The smallest absolute Gasteiger partial charge is 0.335 e. The molecular formula is C65H104O12. The summed E-state index contributed by atoms with van der Waals surface area (Å²) in [5.41, 5.74) is 0. The molecule has 12 heteroatoms. The maximum atomic E-state index is 13.1. The van der Waals surface area contributed by atoms with Crippen LogP contribution in [0.5, 0.6) is 0 Å². The first-order valence-electron chi connectivity index (χ1n) is 29.9. The lowest BCUT2D eigenvalue weighted by molar-refractivity contribution is -0.301. The zero-order valence-corrected chi connectivity index (χ0v) is 47.9. The summed E-state index contributed by atoms with van der Waals surface area (Å²) in [5, 5.41) is 31.5. The van der Waals surface area contributed by atoms with Crippen molar-refractivity contribution in [2.45, 2.75) is 263 Å². The summed E-state index contributed by atoms with van der Waals surface area (Å²) in [6, 6.07) is 0. The Labute approximate surface area is 465 Å². The Morgan fingerprint density at radius 1 is 0.442 bits per heavy atom. The molecule has 1 aliphatic heterocycles. The minimum absolute atomic E-state index is 0.0355. The van der Waals surface area contributed by atoms with E-state index in [9.17, 15) is 34.5 Å². The molecule has 0 aromatic heterocycles. The first-order valence-corrected chi connectivity index (χ1v) is 29.9. The van der Waals surface area contributed by atoms with Gasteiger partial charge in [0.15, 0.2) is 24.6 Å². The molecule has 6 unspecified atom stereocenters. The number of allylic oxidation sites excluding steroid dienone is 18. The summed E-state index contributed by atoms with van der Waals surface area (Å²) < 4.78 is 28.4. The summed E-state index contributed by atoms with van der Waals surface area (Å²) >= 11 is 0. The monoisotopic (exact) mass is 1080 g/mol. The van der Waals surface area contributed by atoms with Gasteiger partial charge in [0.1, 0.15) is 18.8 Å². The molecule has 77 heavy (non-hydrogen) atoms. The maximum absolute atomic E-state index is 13.1. The molecule has 0 radical (unpaired) electrons. The molecule has 436 valence electrons. The van der Waals surface area contributed by atoms with Gasteiger partial charge in [-0.05, 0) is 116 Å². The molecule has 1 saturated heterocycles. The molecule has 0 bridgehead atoms. The van der Waals surface area contributed by atoms with E-state index in [4.69, 9.17) is 23.7 Å². The van der Waals surface area contributed by atoms with Crippen LogP contribution in [0, 0.1) is 0 Å². The summed E-state index contributed by atoms with van der Waals surface area (Å²) in [7, 11) is 0. The summed E-state index contributed by atoms with van der Waals surface area (Å²) in [6.45, 7) is 5.66. The van der Waals surface area contributed by atoms with E-state index in [0.29, 0.717) is 19.3 Å². The van der Waals surface area contributed by atoms with Crippen molar-refractivity contribution in [2.75, 3.05) is 13.2 Å². The van der Waals surface area contributed by atoms with Crippen molar-refractivity contribution in [1.29, 1.82) is 0 Å². The van der Waals surface area contributed by atoms with Crippen LogP contribution in [-0.4, -0.2) is 89.2 Å². The predicted molar refractivity (Wildman–Crippen MR) is 312 cm³/mol. The normalized spacial score (nSPS) is 18.8. The van der Waals surface area contributed by atoms with Crippen molar-refractivity contribution in [2.24, 2.45) is 0 Å². The second kappa shape index (κ2) is 52.1. The summed E-state index contributed by atoms with van der Waals surface area (Å²) in [6.07, 6.45) is 57.6. The molecule has 0 aromatic carbocycles. The Balaban J connectivity index is 2.70. The molecule has 1 rings (SSSR count). The molecular weight excluding hydrogens is 973 g/mol. The molecule has 1 fully saturated rings. The molecule has 0 saturated carbocycles. The number of aliphatic hydroxyl groups is 2. The highest BCUT2D eigenvalue weighted by Crippen LogP contribution is 2.26. The van der Waals surface area contributed by atoms with E-state index in [1.54, 1.807) is 0 Å². The Kier molecular flexibility index (Phi) is 47.6. The number of carbonyl (C=O) groups excluding carboxylic acids is 3. The van der Waals surface area contributed by atoms with Crippen LogP contribution in [0.25, 0.3) is 0 Å². The van der Waals surface area contributed by atoms with Gasteiger partial charge in [-0.3, -0.25) is 14.4 Å². The van der Waals surface area contributed by atoms with Crippen molar-refractivity contribution in [3.05, 3.63) is 109 Å². The molecule has 0 aliphatic carbocycles. The van der Waals surface area contributed by atoms with Crippen LogP contribution in [0.15, 0.2) is 109 Å². The molecule has 1 aliphatic rings. The fourth-order valence-corrected chi connectivity index (χ4v) is 8.29. The van der Waals surface area contributed by atoms with Crippen LogP contribution in [-0.2, 0) is 42.9 Å². The molecule has 12 nitrogen and oxygen atoms in total. The third-order valence-corrected chi connectivity index (χ3v) is 12.8. The fourth-order valence-electron chi connectivity index (χ4n) is 8.29. The van der Waals surface area contributed by atoms with Crippen LogP contribution >= 0.6 is 0 Å². The number of carboxylic acids is 1. The van der Waals surface area contributed by atoms with E-state index in [-0.39, 0.29) is 25.9 Å². The van der Waals surface area contributed by atoms with E-state index in [2.05, 4.69) is 130 Å². The van der Waals surface area contributed by atoms with Crippen molar-refractivity contribution < 1.29 is 58.2 Å². The van der Waals surface area contributed by atoms with Crippen LogP contribution in [0.3, 0.4) is 0 Å². The number of hydrogen-bond acceptors (Lipinski definition) is 11. The summed E-state index contributed by atoms with van der Waals surface area (Å²) in [4.78, 5) is 51.2. The number of carboxylic acid groups (broad SMARTS) is 1. The van der Waals surface area contributed by atoms with Crippen molar-refractivity contribution in [3.8, 4) is 0 Å². The van der Waals surface area contributed by atoms with Gasteiger partial charge < -0.3 is 39.0 Å². The van der Waals surface area contributed by atoms with Gasteiger partial charge in [-0.25, -0.2) is 4.79 Å². The third-order valence-electron chi connectivity index (χ3n) is 12.8. The van der Waals surface area contributed by atoms with Crippen LogP contribution in [0.1, 0.15) is 226 Å². The number of hydrogen-bond donors (Lipinski definition) is 3. The maximum Gasteiger partial charge on any atom is 0.335 e. The number of rotatable bonds is 49. The Morgan fingerprint density at radius 3 is 1.25 bits per heavy atom. The third kappa shape index (κ3) is 42.1. The van der Waals surface area contributed by atoms with Gasteiger partial charge in [-0.1, -0.05) is 201 Å². The predicted octanol–water partition coefficient (Wildman–Crippen LogP) is 15.4. The number of ether oxygens (including phenoxy) is 5. The second-order valence-electron chi connectivity index (χ2n) is 19.9. The highest BCUT2D eigenvalue weighted by Gasteiger charge is 2.50. The van der Waals surface area contributed by atoms with Gasteiger partial charge in [-0.2, -0.15) is 0 Å². The van der Waals surface area contributed by atoms with E-state index in [1.807, 2.05) is 0 Å². The fraction of sp³-hybridized carbons (Fsp3) is 0.662. The quantitative estimate of drug-likeness (QED) is 0.0228. The van der Waals surface area contributed by atoms with Crippen LogP contribution < -0.4 is 0 Å². The van der Waals surface area contributed by atoms with Gasteiger partial charge >= 0.3 is 23.9 Å². The van der Waals surface area contributed by atoms with E-state index >= 15 is 0 Å². The average molecular weight is 1080 g/mol. The Hall–Kier alpha value is -4.62. The molecule has 6 atom stereocenters. The molecule has 0 spiro atoms. The van der Waals surface area contributed by atoms with Gasteiger partial charge in [0.05, 0.1) is 6.61 Å². The number of carbonyl (C=O) groups is 4. The van der Waals surface area contributed by atoms with E-state index in [0.717, 1.165) is 167 Å². The molecule has 0 amide bonds. The zero-order chi connectivity index (χ0) is 56.1. The van der Waals surface area contributed by atoms with Crippen molar-refractivity contribution in [1.82, 2.24) is 0 Å². The van der Waals surface area contributed by atoms with Crippen molar-refractivity contribution in [3.63, 3.8) is 0 Å². The van der Waals surface area contributed by atoms with Gasteiger partial charge in [0.25, 0.3) is 0 Å². The minimum atomic E-state index is -1.92. The number of aliphatic hydroxyl groups excluding tert-OH is 2. The number of aliphatic carboxylic acids is 1. The largest absolute Gasteiger partial charge is 0.479 e. The van der Waals surface area contributed by atoms with Crippen molar-refractivity contribution >= 4 is 23.9 Å². The van der Waals surface area contributed by atoms with E-state index in [1.165, 1.54) is 0 Å². The lowest BCUT2D eigenvalue weighted by Crippen LogP contribution is -2.61. The zero-order valence-electron chi connectivity index (χ0n) is 47.9. The number of unbranched alkanes of at least 4 members (excludes halogenated alkanes) is 17. The lowest BCUT2D eigenvalue weighted by atomic mass is 9.98. The van der Waals surface area contributed by atoms with E-state index < -0.39 is 67.3 Å². The first-order chi connectivity index (χ1) is 37.6. The SMILES string of the molecule is CC/C=C\C/C=C\C/C=C\C/C=C\CCCCCCCCC(=O)OC1C(OCC(COC(=O)CCCCCCC/C=C\C/C=C\C/C=C\CC)OC(=O)CCCCCCC/C=C\C/C=C\CCC)OC(C(=O)O)C(O)C1O. The summed E-state index contributed by atoms with van der Waals surface area (Å²) in [5.74, 6) is -3.19. The molecule has 3 N–H and O–H groups in total. The Bertz CT molecular complexity index is 1750. The van der Waals surface area contributed by atoms with Crippen LogP contribution in [0.2, 0.25) is 0 Å². The Morgan fingerprint density at radius 2 is 0.818 bits per heavy atom. The highest BCUT2D eigenvalue weighted by molar-refractivity contribution is 5.74. The molecule has 0 aromatic rings. The first kappa shape index (κ1) is 70.4. The minimum Gasteiger partial charge on any atom is -0.479 e. The topological polar surface area (TPSA) is 175 Å².